The number of nitrogens with one attached hydrogen (secondary N) is 1. The topological polar surface area (TPSA) is 32.3 Å². The van der Waals surface area contributed by atoms with Crippen LogP contribution in [0.15, 0.2) is 33.6 Å². The fourth-order valence-corrected chi connectivity index (χ4v) is 2.95. The molecule has 108 valence electrons. The maximum atomic E-state index is 9.48. The molecule has 2 N–H and O–H groups in total. The van der Waals surface area contributed by atoms with Crippen LogP contribution >= 0.6 is 27.7 Å². The molecule has 1 aromatic rings. The van der Waals surface area contributed by atoms with E-state index in [1.54, 1.807) is 0 Å². The van der Waals surface area contributed by atoms with Crippen molar-refractivity contribution in [1.82, 2.24) is 5.32 Å². The number of aliphatic hydroxyl groups excluding tert-OH is 1. The third-order valence-corrected chi connectivity index (χ3v) is 4.73. The zero-order valence-corrected chi connectivity index (χ0v) is 14.2. The summed E-state index contributed by atoms with van der Waals surface area (Å²) in [7, 11) is 0. The van der Waals surface area contributed by atoms with E-state index in [2.05, 4.69) is 59.4 Å². The third kappa shape index (κ3) is 6.80. The predicted octanol–water partition coefficient (Wildman–Crippen LogP) is 4.07. The van der Waals surface area contributed by atoms with E-state index < -0.39 is 0 Å². The van der Waals surface area contributed by atoms with Gasteiger partial charge in [-0.2, -0.15) is 0 Å². The molecule has 0 spiro atoms. The number of hydrogen-bond acceptors (Lipinski definition) is 3. The zero-order chi connectivity index (χ0) is 14.1. The Hall–Kier alpha value is -0.0300. The van der Waals surface area contributed by atoms with Crippen LogP contribution in [0.25, 0.3) is 0 Å². The molecule has 19 heavy (non-hydrogen) atoms. The Balaban J connectivity index is 2.26. The van der Waals surface area contributed by atoms with E-state index in [-0.39, 0.29) is 12.1 Å². The Bertz CT molecular complexity index is 358. The van der Waals surface area contributed by atoms with Crippen molar-refractivity contribution < 1.29 is 5.11 Å². The second-order valence-corrected chi connectivity index (χ2v) is 7.14. The Kier molecular flexibility index (Phi) is 8.07. The Labute approximate surface area is 129 Å². The highest BCUT2D eigenvalue weighted by atomic mass is 79.9. The number of benzene rings is 1. The summed E-state index contributed by atoms with van der Waals surface area (Å²) in [6.07, 6.45) is 3.21. The van der Waals surface area contributed by atoms with Gasteiger partial charge in [0.25, 0.3) is 0 Å². The van der Waals surface area contributed by atoms with Crippen LogP contribution in [-0.4, -0.2) is 29.5 Å². The fraction of sp³-hybridized carbons (Fsp3) is 0.600. The second kappa shape index (κ2) is 9.01. The minimum atomic E-state index is -0.129. The normalized spacial score (nSPS) is 14.3. The lowest BCUT2D eigenvalue weighted by Gasteiger charge is -2.28. The van der Waals surface area contributed by atoms with Gasteiger partial charge in [0.05, 0.1) is 6.61 Å². The summed E-state index contributed by atoms with van der Waals surface area (Å²) in [5.74, 6) is 1.09. The highest BCUT2D eigenvalue weighted by Gasteiger charge is 2.21. The average molecular weight is 346 g/mol. The largest absolute Gasteiger partial charge is 0.394 e. The number of halogens is 1. The molecule has 1 unspecified atom stereocenters. The first-order valence-corrected chi connectivity index (χ1v) is 8.62. The summed E-state index contributed by atoms with van der Waals surface area (Å²) in [5.41, 5.74) is -0.129. The molecule has 4 heteroatoms. The van der Waals surface area contributed by atoms with Gasteiger partial charge in [-0.25, -0.2) is 0 Å². The summed E-state index contributed by atoms with van der Waals surface area (Å²) in [6.45, 7) is 5.42. The van der Waals surface area contributed by atoms with Crippen molar-refractivity contribution in [1.29, 1.82) is 0 Å². The van der Waals surface area contributed by atoms with Gasteiger partial charge in [0.2, 0.25) is 0 Å². The second-order valence-electron chi connectivity index (χ2n) is 5.05. The van der Waals surface area contributed by atoms with Crippen LogP contribution in [0.2, 0.25) is 0 Å². The van der Waals surface area contributed by atoms with Crippen molar-refractivity contribution in [2.75, 3.05) is 18.9 Å². The van der Waals surface area contributed by atoms with Gasteiger partial charge in [0.1, 0.15) is 0 Å². The van der Waals surface area contributed by atoms with Crippen LogP contribution in [-0.2, 0) is 0 Å². The standard InChI is InChI=1S/C15H24BrNOS/c1-3-10-17-15(2,12-18)9-4-11-19-14-7-5-13(16)6-8-14/h5-8,17-18H,3-4,9-12H2,1-2H3. The molecular formula is C15H24BrNOS. The predicted molar refractivity (Wildman–Crippen MR) is 87.9 cm³/mol. The zero-order valence-electron chi connectivity index (χ0n) is 11.8. The highest BCUT2D eigenvalue weighted by Crippen LogP contribution is 2.23. The first kappa shape index (κ1) is 17.0. The molecule has 0 fully saturated rings. The van der Waals surface area contributed by atoms with Gasteiger partial charge < -0.3 is 10.4 Å². The molecule has 1 aromatic carbocycles. The van der Waals surface area contributed by atoms with Crippen LogP contribution in [0.1, 0.15) is 33.1 Å². The first-order valence-electron chi connectivity index (χ1n) is 6.84. The van der Waals surface area contributed by atoms with E-state index in [1.807, 2.05) is 11.8 Å². The summed E-state index contributed by atoms with van der Waals surface area (Å²) in [6, 6.07) is 8.41. The molecule has 0 heterocycles. The van der Waals surface area contributed by atoms with Gasteiger partial charge in [-0.15, -0.1) is 11.8 Å². The van der Waals surface area contributed by atoms with Crippen LogP contribution in [0.3, 0.4) is 0 Å². The molecule has 0 aromatic heterocycles. The third-order valence-electron chi connectivity index (χ3n) is 3.11. The number of thioether (sulfide) groups is 1. The van der Waals surface area contributed by atoms with Gasteiger partial charge in [0, 0.05) is 14.9 Å². The molecule has 0 aliphatic heterocycles. The minimum absolute atomic E-state index is 0.129. The Morgan fingerprint density at radius 1 is 1.32 bits per heavy atom. The van der Waals surface area contributed by atoms with Gasteiger partial charge in [0.15, 0.2) is 0 Å². The molecule has 0 radical (unpaired) electrons. The average Bonchev–Trinajstić information content (AvgIpc) is 2.43. The molecule has 0 amide bonds. The van der Waals surface area contributed by atoms with Crippen LogP contribution < -0.4 is 5.32 Å². The van der Waals surface area contributed by atoms with Crippen molar-refractivity contribution in [2.24, 2.45) is 0 Å². The van der Waals surface area contributed by atoms with Crippen LogP contribution in [0.5, 0.6) is 0 Å². The fourth-order valence-electron chi connectivity index (χ4n) is 1.83. The number of hydrogen-bond donors (Lipinski definition) is 2. The van der Waals surface area contributed by atoms with E-state index in [1.165, 1.54) is 4.90 Å². The molecule has 2 nitrogen and oxygen atoms in total. The molecular weight excluding hydrogens is 322 g/mol. The molecule has 0 aliphatic carbocycles. The molecule has 1 rings (SSSR count). The Morgan fingerprint density at radius 2 is 2.00 bits per heavy atom. The van der Waals surface area contributed by atoms with Crippen LogP contribution in [0.4, 0.5) is 0 Å². The lowest BCUT2D eigenvalue weighted by molar-refractivity contribution is 0.165. The van der Waals surface area contributed by atoms with E-state index in [9.17, 15) is 5.11 Å². The van der Waals surface area contributed by atoms with E-state index in [0.717, 1.165) is 36.0 Å². The summed E-state index contributed by atoms with van der Waals surface area (Å²) in [5, 5.41) is 12.9. The number of rotatable bonds is 9. The molecule has 0 aliphatic rings. The SMILES string of the molecule is CCCNC(C)(CO)CCCSc1ccc(Br)cc1. The van der Waals surface area contributed by atoms with Gasteiger partial charge >= 0.3 is 0 Å². The quantitative estimate of drug-likeness (QED) is 0.522. The molecule has 0 saturated carbocycles. The van der Waals surface area contributed by atoms with Gasteiger partial charge in [-0.05, 0) is 62.7 Å². The summed E-state index contributed by atoms with van der Waals surface area (Å²) in [4.78, 5) is 1.30. The van der Waals surface area contributed by atoms with Gasteiger partial charge in [-0.3, -0.25) is 0 Å². The minimum Gasteiger partial charge on any atom is -0.394 e. The van der Waals surface area contributed by atoms with Crippen molar-refractivity contribution in [3.8, 4) is 0 Å². The lowest BCUT2D eigenvalue weighted by atomic mass is 9.97. The van der Waals surface area contributed by atoms with E-state index >= 15 is 0 Å². The van der Waals surface area contributed by atoms with Crippen molar-refractivity contribution in [2.45, 2.75) is 43.5 Å². The maximum Gasteiger partial charge on any atom is 0.0610 e. The van der Waals surface area contributed by atoms with Crippen molar-refractivity contribution in [3.63, 3.8) is 0 Å². The van der Waals surface area contributed by atoms with E-state index in [0.29, 0.717) is 0 Å². The van der Waals surface area contributed by atoms with Crippen molar-refractivity contribution >= 4 is 27.7 Å². The van der Waals surface area contributed by atoms with Crippen LogP contribution in [0, 0.1) is 0 Å². The Morgan fingerprint density at radius 3 is 2.58 bits per heavy atom. The molecule has 0 saturated heterocycles. The van der Waals surface area contributed by atoms with Gasteiger partial charge in [-0.1, -0.05) is 22.9 Å². The summed E-state index contributed by atoms with van der Waals surface area (Å²) >= 11 is 5.32. The summed E-state index contributed by atoms with van der Waals surface area (Å²) < 4.78 is 1.12. The monoisotopic (exact) mass is 345 g/mol. The number of aliphatic hydroxyl groups is 1. The maximum absolute atomic E-state index is 9.48. The highest BCUT2D eigenvalue weighted by molar-refractivity contribution is 9.10. The van der Waals surface area contributed by atoms with E-state index in [4.69, 9.17) is 0 Å². The molecule has 1 atom stereocenters. The lowest BCUT2D eigenvalue weighted by Crippen LogP contribution is -2.46. The first-order chi connectivity index (χ1) is 9.09. The van der Waals surface area contributed by atoms with Crippen molar-refractivity contribution in [3.05, 3.63) is 28.7 Å². The smallest absolute Gasteiger partial charge is 0.0610 e. The molecule has 0 bridgehead atoms.